The maximum atomic E-state index is 13.2. The molecule has 166 valence electrons. The molecule has 0 saturated heterocycles. The van der Waals surface area contributed by atoms with E-state index in [9.17, 15) is 14.4 Å². The maximum absolute atomic E-state index is 13.2. The lowest BCUT2D eigenvalue weighted by atomic mass is 9.99. The summed E-state index contributed by atoms with van der Waals surface area (Å²) in [6, 6.07) is 11.5. The van der Waals surface area contributed by atoms with Crippen molar-refractivity contribution in [3.05, 3.63) is 70.2 Å². The second-order valence-corrected chi connectivity index (χ2v) is 7.75. The van der Waals surface area contributed by atoms with E-state index in [1.807, 2.05) is 6.92 Å². The number of rotatable bonds is 7. The summed E-state index contributed by atoms with van der Waals surface area (Å²) >= 11 is 1.20. The topological polar surface area (TPSA) is 119 Å². The van der Waals surface area contributed by atoms with Gasteiger partial charge in [0.25, 0.3) is 0 Å². The van der Waals surface area contributed by atoms with E-state index in [1.54, 1.807) is 48.7 Å². The predicted molar refractivity (Wildman–Crippen MR) is 122 cm³/mol. The smallest absolute Gasteiger partial charge is 0.407 e. The lowest BCUT2D eigenvalue weighted by molar-refractivity contribution is 0.103. The molecule has 1 heterocycles. The van der Waals surface area contributed by atoms with Crippen molar-refractivity contribution in [2.45, 2.75) is 13.5 Å². The molecule has 1 aromatic heterocycles. The van der Waals surface area contributed by atoms with Gasteiger partial charge >= 0.3 is 12.1 Å². The largest absolute Gasteiger partial charge is 0.496 e. The van der Waals surface area contributed by atoms with Crippen LogP contribution in [-0.4, -0.2) is 37.1 Å². The van der Waals surface area contributed by atoms with Crippen molar-refractivity contribution < 1.29 is 23.9 Å². The summed E-state index contributed by atoms with van der Waals surface area (Å²) in [5, 5.41) is 8.22. The number of alkyl carbamates (subject to hydrolysis) is 1. The molecule has 0 aliphatic rings. The molecule has 3 amide bonds. The summed E-state index contributed by atoms with van der Waals surface area (Å²) in [6.45, 7) is 2.09. The van der Waals surface area contributed by atoms with Crippen LogP contribution in [0.1, 0.15) is 26.4 Å². The first-order chi connectivity index (χ1) is 15.4. The average Bonchev–Trinajstić information content (AvgIpc) is 3.25. The fourth-order valence-corrected chi connectivity index (χ4v) is 3.61. The molecule has 0 fully saturated rings. The minimum absolute atomic E-state index is 0.225. The second-order valence-electron chi connectivity index (χ2n) is 6.63. The number of benzene rings is 2. The van der Waals surface area contributed by atoms with Gasteiger partial charge in [0, 0.05) is 16.6 Å². The molecular formula is C22H22N4O5S. The number of nitrogens with zero attached hydrogens (tertiary/aromatic N) is 1. The Morgan fingerprint density at radius 1 is 1.03 bits per heavy atom. The monoisotopic (exact) mass is 454 g/mol. The molecule has 0 radical (unpaired) electrons. The minimum Gasteiger partial charge on any atom is -0.496 e. The molecule has 0 aliphatic heterocycles. The Balaban J connectivity index is 1.74. The van der Waals surface area contributed by atoms with Crippen LogP contribution in [0.2, 0.25) is 0 Å². The number of thiazole rings is 1. The third-order valence-corrected chi connectivity index (χ3v) is 5.30. The number of aromatic nitrogens is 1. The lowest BCUT2D eigenvalue weighted by Crippen LogP contribution is -2.21. The van der Waals surface area contributed by atoms with Gasteiger partial charge in [0.05, 0.1) is 32.0 Å². The Morgan fingerprint density at radius 3 is 2.56 bits per heavy atom. The highest BCUT2D eigenvalue weighted by molar-refractivity contribution is 7.15. The van der Waals surface area contributed by atoms with E-state index in [0.29, 0.717) is 27.7 Å². The number of urea groups is 1. The number of hydrogen-bond donors (Lipinski definition) is 3. The van der Waals surface area contributed by atoms with Crippen molar-refractivity contribution in [3.63, 3.8) is 0 Å². The van der Waals surface area contributed by atoms with Gasteiger partial charge in [-0.3, -0.25) is 10.1 Å². The van der Waals surface area contributed by atoms with Crippen LogP contribution in [0.5, 0.6) is 5.75 Å². The number of anilines is 2. The molecule has 3 N–H and O–H groups in total. The van der Waals surface area contributed by atoms with Gasteiger partial charge < -0.3 is 20.1 Å². The predicted octanol–water partition coefficient (Wildman–Crippen LogP) is 4.19. The van der Waals surface area contributed by atoms with E-state index in [4.69, 9.17) is 4.74 Å². The summed E-state index contributed by atoms with van der Waals surface area (Å²) in [5.74, 6) is 0.178. The van der Waals surface area contributed by atoms with Crippen LogP contribution in [0.25, 0.3) is 0 Å². The van der Waals surface area contributed by atoms with Crippen LogP contribution in [0, 0.1) is 6.92 Å². The van der Waals surface area contributed by atoms with E-state index >= 15 is 0 Å². The van der Waals surface area contributed by atoms with Gasteiger partial charge in [-0.1, -0.05) is 35.1 Å². The van der Waals surface area contributed by atoms with Gasteiger partial charge in [-0.05, 0) is 31.2 Å². The fourth-order valence-electron chi connectivity index (χ4n) is 2.86. The molecule has 2 aromatic carbocycles. The van der Waals surface area contributed by atoms with Crippen LogP contribution in [0.4, 0.5) is 20.4 Å². The molecule has 3 rings (SSSR count). The van der Waals surface area contributed by atoms with Crippen molar-refractivity contribution >= 4 is 40.1 Å². The fraction of sp³-hybridized carbons (Fsp3) is 0.182. The zero-order valence-corrected chi connectivity index (χ0v) is 18.5. The van der Waals surface area contributed by atoms with Gasteiger partial charge in [0.15, 0.2) is 10.9 Å². The number of ether oxygens (including phenoxy) is 2. The molecule has 3 aromatic rings. The number of nitrogens with one attached hydrogen (secondary N) is 3. The first-order valence-electron chi connectivity index (χ1n) is 9.54. The molecule has 0 unspecified atom stereocenters. The van der Waals surface area contributed by atoms with Crippen LogP contribution >= 0.6 is 11.3 Å². The molecule has 0 spiro atoms. The number of amides is 3. The van der Waals surface area contributed by atoms with Crippen LogP contribution < -0.4 is 20.7 Å². The highest BCUT2D eigenvalue weighted by atomic mass is 32.1. The minimum atomic E-state index is -0.558. The third kappa shape index (κ3) is 5.61. The summed E-state index contributed by atoms with van der Waals surface area (Å²) in [6.07, 6.45) is 0.982. The molecule has 32 heavy (non-hydrogen) atoms. The zero-order chi connectivity index (χ0) is 23.1. The molecule has 0 aliphatic carbocycles. The molecular weight excluding hydrogens is 432 g/mol. The number of carbonyl (C=O) groups excluding carboxylic acids is 3. The number of ketones is 1. The summed E-state index contributed by atoms with van der Waals surface area (Å²) in [7, 11) is 2.77. The van der Waals surface area contributed by atoms with Crippen molar-refractivity contribution in [2.75, 3.05) is 24.9 Å². The lowest BCUT2D eigenvalue weighted by Gasteiger charge is -2.13. The molecule has 0 saturated carbocycles. The number of aryl methyl sites for hydroxylation is 1. The zero-order valence-electron chi connectivity index (χ0n) is 17.7. The van der Waals surface area contributed by atoms with Crippen molar-refractivity contribution in [2.24, 2.45) is 0 Å². The summed E-state index contributed by atoms with van der Waals surface area (Å²) < 4.78 is 9.81. The third-order valence-electron chi connectivity index (χ3n) is 4.39. The van der Waals surface area contributed by atoms with E-state index in [-0.39, 0.29) is 12.3 Å². The van der Waals surface area contributed by atoms with E-state index in [0.717, 1.165) is 10.4 Å². The first-order valence-corrected chi connectivity index (χ1v) is 10.4. The maximum Gasteiger partial charge on any atom is 0.407 e. The van der Waals surface area contributed by atoms with E-state index in [1.165, 1.54) is 25.6 Å². The highest BCUT2D eigenvalue weighted by Crippen LogP contribution is 2.26. The number of methoxy groups -OCH3 is 2. The first kappa shape index (κ1) is 22.8. The number of hydrogen-bond acceptors (Lipinski definition) is 7. The summed E-state index contributed by atoms with van der Waals surface area (Å²) in [5.41, 5.74) is 1.96. The van der Waals surface area contributed by atoms with Crippen molar-refractivity contribution in [1.29, 1.82) is 0 Å². The average molecular weight is 455 g/mol. The second kappa shape index (κ2) is 10.4. The number of carbonyl (C=O) groups is 3. The van der Waals surface area contributed by atoms with Crippen LogP contribution in [0.3, 0.4) is 0 Å². The van der Waals surface area contributed by atoms with Gasteiger partial charge in [0.2, 0.25) is 0 Å². The van der Waals surface area contributed by atoms with Crippen LogP contribution in [0.15, 0.2) is 48.7 Å². The Kier molecular flexibility index (Phi) is 7.40. The van der Waals surface area contributed by atoms with Crippen LogP contribution in [-0.2, 0) is 11.3 Å². The SMILES string of the molecule is COC(=O)NCc1cnc(NC(=O)Nc2ccc(C)cc2C(=O)c2ccccc2OC)s1. The van der Waals surface area contributed by atoms with Gasteiger partial charge in [-0.15, -0.1) is 0 Å². The van der Waals surface area contributed by atoms with E-state index in [2.05, 4.69) is 25.7 Å². The Bertz CT molecular complexity index is 1140. The molecule has 9 nitrogen and oxygen atoms in total. The standard InChI is InChI=1S/C22H22N4O5S/c1-13-8-9-17(16(10-13)19(27)15-6-4-5-7-18(15)30-2)25-20(28)26-21-23-11-14(32-21)12-24-22(29)31-3/h4-11H,12H2,1-3H3,(H,24,29)(H2,23,25,26,28). The van der Waals surface area contributed by atoms with Crippen molar-refractivity contribution in [1.82, 2.24) is 10.3 Å². The van der Waals surface area contributed by atoms with Crippen molar-refractivity contribution in [3.8, 4) is 5.75 Å². The molecule has 0 atom stereocenters. The van der Waals surface area contributed by atoms with Gasteiger partial charge in [-0.25, -0.2) is 14.6 Å². The highest BCUT2D eigenvalue weighted by Gasteiger charge is 2.19. The normalized spacial score (nSPS) is 10.2. The quantitative estimate of drug-likeness (QED) is 0.461. The van der Waals surface area contributed by atoms with Gasteiger partial charge in [-0.2, -0.15) is 0 Å². The Hall–Kier alpha value is -3.92. The number of para-hydroxylation sites is 1. The van der Waals surface area contributed by atoms with E-state index < -0.39 is 12.1 Å². The molecule has 0 bridgehead atoms. The Morgan fingerprint density at radius 2 is 1.81 bits per heavy atom. The Labute approximate surface area is 188 Å². The van der Waals surface area contributed by atoms with Gasteiger partial charge in [0.1, 0.15) is 5.75 Å². The summed E-state index contributed by atoms with van der Waals surface area (Å²) in [4.78, 5) is 41.7. The molecule has 10 heteroatoms.